The number of urea groups is 1. The summed E-state index contributed by atoms with van der Waals surface area (Å²) in [5.41, 5.74) is 13.4. The molecule has 15 N–H and O–H groups in total. The van der Waals surface area contributed by atoms with Crippen molar-refractivity contribution in [3.05, 3.63) is 67.6 Å². The number of nitrogens with two attached hydrogens (primary N) is 3. The number of carboxylic acid groups (broad SMARTS) is 4. The lowest BCUT2D eigenvalue weighted by molar-refractivity contribution is -0.161. The molecule has 8 rings (SSSR count). The normalized spacial score (nSPS) is 20.8. The van der Waals surface area contributed by atoms with Gasteiger partial charge in [0.25, 0.3) is 0 Å². The first-order valence-corrected chi connectivity index (χ1v) is 33.9. The van der Waals surface area contributed by atoms with Crippen LogP contribution in [0.25, 0.3) is 0 Å². The number of ketones is 5. The average molecular weight is 1490 g/mol. The van der Waals surface area contributed by atoms with Gasteiger partial charge in [-0.2, -0.15) is 5.10 Å². The number of primary amides is 1. The molecule has 0 aliphatic carbocycles. The maximum absolute atomic E-state index is 13.4. The van der Waals surface area contributed by atoms with Gasteiger partial charge < -0.3 is 77.5 Å². The molecule has 0 unspecified atom stereocenters. The van der Waals surface area contributed by atoms with E-state index in [9.17, 15) is 98.4 Å². The summed E-state index contributed by atoms with van der Waals surface area (Å²) in [6.07, 6.45) is -1.02. The molecule has 4 saturated heterocycles. The maximum atomic E-state index is 13.4. The Kier molecular flexibility index (Phi) is 23.6. The Balaban J connectivity index is 0.000000272. The summed E-state index contributed by atoms with van der Waals surface area (Å²) >= 11 is 18.0. The molecule has 4 aromatic rings. The molecule has 0 spiro atoms. The number of halogens is 2. The number of aromatic hydroxyl groups is 4. The van der Waals surface area contributed by atoms with Crippen LogP contribution in [-0.2, 0) is 57.6 Å². The third kappa shape index (κ3) is 16.8. The number of thiazole rings is 2. The molecule has 4 aliphatic rings. The number of anilines is 2. The van der Waals surface area contributed by atoms with Crippen molar-refractivity contribution in [1.82, 2.24) is 25.2 Å². The largest absolute Gasteiger partial charge is 0.504 e. The Morgan fingerprint density at radius 1 is 0.625 bits per heavy atom. The number of benzene rings is 2. The molecule has 33 nitrogen and oxygen atoms in total. The molecule has 4 amide bonds. The summed E-state index contributed by atoms with van der Waals surface area (Å²) in [6, 6.07) is 2.69. The number of aromatic nitrogens is 2. The summed E-state index contributed by atoms with van der Waals surface area (Å²) in [5.74, 6) is -13.8. The number of carbonyl (C=O) groups is 12. The zero-order chi connectivity index (χ0) is 71.3. The molecule has 6 atom stereocenters. The van der Waals surface area contributed by atoms with Gasteiger partial charge in [-0.1, -0.05) is 33.5 Å². The molecule has 0 radical (unpaired) electrons. The Bertz CT molecular complexity index is 3980. The monoisotopic (exact) mass is 1490 g/mol. The molecular weight excluding hydrogens is 1430 g/mol. The number of phenolic OH excluding ortho intramolecular Hbond substituents is 4. The van der Waals surface area contributed by atoms with E-state index in [0.29, 0.717) is 0 Å². The summed E-state index contributed by atoms with van der Waals surface area (Å²) < 4.78 is -3.04. The minimum absolute atomic E-state index is 0.0227. The predicted molar refractivity (Wildman–Crippen MR) is 351 cm³/mol. The van der Waals surface area contributed by atoms with Crippen molar-refractivity contribution in [2.24, 2.45) is 33.0 Å². The first-order valence-electron chi connectivity index (χ1n) is 27.7. The highest BCUT2D eigenvalue weighted by Crippen LogP contribution is 2.57. The lowest BCUT2D eigenvalue weighted by Gasteiger charge is -2.41. The van der Waals surface area contributed by atoms with Crippen LogP contribution in [0.4, 0.5) is 15.1 Å². The molecular formula is C55H57Cl2N11O22S6. The van der Waals surface area contributed by atoms with E-state index in [2.05, 4.69) is 25.4 Å². The first kappa shape index (κ1) is 74.9. The zero-order valence-electron chi connectivity index (χ0n) is 50.2. The van der Waals surface area contributed by atoms with E-state index in [1.807, 2.05) is 5.43 Å². The number of carbonyl (C=O) groups excluding carboxylic acids is 8. The van der Waals surface area contributed by atoms with Crippen molar-refractivity contribution >= 4 is 191 Å². The van der Waals surface area contributed by atoms with Crippen molar-refractivity contribution in [3.63, 3.8) is 0 Å². The molecule has 2 aromatic carbocycles. The standard InChI is InChI=1S/C28H30ClN7O11S3.C27H27ClN4O11S3/c1-27(2,23(42)43)47-35-20(14-9-48-26(31)32-14)18(40)7-12-21(41)36-10-28(24(44)45,50-22(12)36)49-5-3-4-15(37)19(33-34-25(30)46)11-6-16(38)17(39)8-13(11)29;1-26(2,23(39)40)43-31-19(14-9-44-25(29)30-14)18(36)7-12-21(38)32-10-27(24(41)42,46-22(12)32)45-5-3-4-15(33)20(37)11-6-16(34)17(35)8-13(11)28/h6,8-9,12,22,38-39H,3-5,7,10H2,1-2H3,(H2,31,32)(H,42,43)(H,44,45)(H3,30,34,46);6,8-9,12,22,34-35H,3-5,7,10H2,1-2H3,(H2,29,30)(H,39,40)(H,41,42)/b33-19-,35-20-;31-19-/t12-,22-,28-;12-,22-,27-/m11/s1. The van der Waals surface area contributed by atoms with Gasteiger partial charge in [0.05, 0.1) is 45.7 Å². The lowest BCUT2D eigenvalue weighted by Crippen LogP contribution is -2.57. The number of β-lactam (4-membered cyclic amide) rings is 2. The third-order valence-electron chi connectivity index (χ3n) is 14.4. The number of thioether (sulfide) groups is 4. The quantitative estimate of drug-likeness (QED) is 0.00631. The average Bonchev–Trinajstić information content (AvgIpc) is 1.58. The van der Waals surface area contributed by atoms with Gasteiger partial charge in [-0.3, -0.25) is 33.6 Å². The van der Waals surface area contributed by atoms with Crippen LogP contribution in [0, 0.1) is 11.8 Å². The van der Waals surface area contributed by atoms with Gasteiger partial charge in [-0.25, -0.2) is 39.4 Å². The van der Waals surface area contributed by atoms with Gasteiger partial charge >= 0.3 is 29.9 Å². The number of fused-ring (bicyclic) bond motifs is 2. The highest BCUT2D eigenvalue weighted by molar-refractivity contribution is 8.20. The number of carboxylic acids is 4. The van der Waals surface area contributed by atoms with Crippen molar-refractivity contribution in [2.75, 3.05) is 36.1 Å². The van der Waals surface area contributed by atoms with E-state index in [4.69, 9.17) is 50.1 Å². The van der Waals surface area contributed by atoms with Crippen molar-refractivity contribution in [1.29, 1.82) is 0 Å². The number of phenols is 4. The van der Waals surface area contributed by atoms with Gasteiger partial charge in [0.15, 0.2) is 70.2 Å². The molecule has 6 heterocycles. The number of oxime groups is 2. The van der Waals surface area contributed by atoms with Gasteiger partial charge in [0.2, 0.25) is 34.6 Å². The number of nitrogens with one attached hydrogen (secondary N) is 1. The first-order chi connectivity index (χ1) is 44.8. The van der Waals surface area contributed by atoms with Crippen LogP contribution in [0.15, 0.2) is 50.4 Å². The Labute approximate surface area is 576 Å². The maximum Gasteiger partial charge on any atom is 0.350 e. The van der Waals surface area contributed by atoms with Crippen LogP contribution in [0.5, 0.6) is 23.0 Å². The molecule has 4 aliphatic heterocycles. The van der Waals surface area contributed by atoms with Crippen molar-refractivity contribution < 1.29 is 108 Å². The minimum Gasteiger partial charge on any atom is -0.504 e. The SMILES string of the molecule is CC(C)(O/N=C(\C(=O)C[C@@H]1C(=O)N2C[C@](SCCCC(=O)/C(=N\NC(N)=O)c3cc(O)c(O)cc3Cl)(C(=O)O)S[C@H]12)c1csc(N)n1)C(=O)O.CC(C)(O/N=C(\C(=O)C[C@@H]1C(=O)N2C[C@](SCCCC(=O)C(=O)c3cc(O)c(O)cc3Cl)(C(=O)O)S[C@H]12)c1csc(N)n1)C(=O)O. The van der Waals surface area contributed by atoms with Crippen molar-refractivity contribution in [2.45, 2.75) is 96.3 Å². The summed E-state index contributed by atoms with van der Waals surface area (Å²) in [7, 11) is 0. The van der Waals surface area contributed by atoms with E-state index in [0.717, 1.165) is 94.0 Å². The van der Waals surface area contributed by atoms with E-state index in [-0.39, 0.29) is 117 Å². The van der Waals surface area contributed by atoms with Gasteiger partial charge in [0.1, 0.15) is 17.1 Å². The van der Waals surface area contributed by atoms with E-state index in [1.54, 1.807) is 0 Å². The fourth-order valence-corrected chi connectivity index (χ4v) is 17.0. The van der Waals surface area contributed by atoms with Crippen LogP contribution in [0.2, 0.25) is 10.0 Å². The Morgan fingerprint density at radius 2 is 1.01 bits per heavy atom. The van der Waals surface area contributed by atoms with E-state index >= 15 is 0 Å². The second-order valence-corrected chi connectivity index (χ2v) is 30.8. The summed E-state index contributed by atoms with van der Waals surface area (Å²) in [4.78, 5) is 171. The fraction of sp³-hybridized carbons (Fsp3) is 0.400. The highest BCUT2D eigenvalue weighted by Gasteiger charge is 2.64. The van der Waals surface area contributed by atoms with E-state index in [1.165, 1.54) is 48.3 Å². The molecule has 4 fully saturated rings. The van der Waals surface area contributed by atoms with Gasteiger partial charge in [-0.15, -0.1) is 69.7 Å². The molecule has 2 aromatic heterocycles. The number of Topliss-reactive ketones (excluding diaryl/α,β-unsaturated/α-hetero) is 5. The van der Waals surface area contributed by atoms with Crippen LogP contribution in [0.1, 0.15) is 93.5 Å². The second-order valence-electron chi connectivity index (χ2n) is 22.0. The number of hydrogen-bond acceptors (Lipinski definition) is 31. The van der Waals surface area contributed by atoms with Crippen LogP contribution >= 0.6 is 92.9 Å². The molecule has 514 valence electrons. The van der Waals surface area contributed by atoms with Crippen LogP contribution in [-0.4, -0.2) is 203 Å². The number of rotatable bonds is 31. The van der Waals surface area contributed by atoms with Crippen LogP contribution in [0.3, 0.4) is 0 Å². The Hall–Kier alpha value is -8.47. The summed E-state index contributed by atoms with van der Waals surface area (Å²) in [6.45, 7) is 4.56. The number of hydrazone groups is 1. The van der Waals surface area contributed by atoms with E-state index < -0.39 is 142 Å². The smallest absolute Gasteiger partial charge is 0.350 e. The Morgan fingerprint density at radius 3 is 1.39 bits per heavy atom. The molecule has 0 bridgehead atoms. The third-order valence-corrected chi connectivity index (χ3v) is 23.2. The number of aliphatic carboxylic acids is 4. The van der Waals surface area contributed by atoms with Crippen LogP contribution < -0.4 is 22.6 Å². The number of amides is 4. The molecule has 96 heavy (non-hydrogen) atoms. The second kappa shape index (κ2) is 30.3. The number of nitrogen functional groups attached to an aromatic ring is 2. The minimum atomic E-state index is -1.79. The topological polar surface area (TPSA) is 545 Å². The van der Waals surface area contributed by atoms with Gasteiger partial charge in [0, 0.05) is 59.7 Å². The fourth-order valence-electron chi connectivity index (χ4n) is 9.05. The van der Waals surface area contributed by atoms with Gasteiger partial charge in [-0.05, 0) is 64.2 Å². The zero-order valence-corrected chi connectivity index (χ0v) is 56.6. The number of hydrogen-bond donors (Lipinski definition) is 12. The molecule has 0 saturated carbocycles. The highest BCUT2D eigenvalue weighted by atomic mass is 35.5. The lowest BCUT2D eigenvalue weighted by atomic mass is 9.90. The number of nitrogens with zero attached hydrogens (tertiary/aromatic N) is 7. The van der Waals surface area contributed by atoms with Crippen molar-refractivity contribution in [3.8, 4) is 23.0 Å². The molecule has 41 heteroatoms. The predicted octanol–water partition coefficient (Wildman–Crippen LogP) is 4.41. The summed E-state index contributed by atoms with van der Waals surface area (Å²) in [5, 5.41) is 90.3.